The van der Waals surface area contributed by atoms with Crippen molar-refractivity contribution >= 4 is 22.2 Å². The molecular weight excluding hydrogens is 240 g/mol. The van der Waals surface area contributed by atoms with Gasteiger partial charge in [-0.2, -0.15) is 0 Å². The summed E-state index contributed by atoms with van der Waals surface area (Å²) in [5.41, 5.74) is 2.12. The number of aromatic nitrogens is 1. The summed E-state index contributed by atoms with van der Waals surface area (Å²) >= 11 is 1.75. The second-order valence-corrected chi connectivity index (χ2v) is 5.15. The van der Waals surface area contributed by atoms with Crippen LogP contribution >= 0.6 is 11.3 Å². The van der Waals surface area contributed by atoms with Crippen molar-refractivity contribution in [2.45, 2.75) is 6.04 Å². The maximum absolute atomic E-state index is 4.75. The molecule has 1 atom stereocenters. The van der Waals surface area contributed by atoms with Gasteiger partial charge in [0.2, 0.25) is 0 Å². The van der Waals surface area contributed by atoms with E-state index in [0.717, 1.165) is 11.2 Å². The van der Waals surface area contributed by atoms with E-state index in [4.69, 9.17) is 4.98 Å². The minimum absolute atomic E-state index is 0.176. The maximum Gasteiger partial charge on any atom is 0.0842 e. The van der Waals surface area contributed by atoms with E-state index in [1.54, 1.807) is 11.3 Å². The lowest BCUT2D eigenvalue weighted by molar-refractivity contribution is 0.685. The third-order valence-corrected chi connectivity index (χ3v) is 3.97. The summed E-state index contributed by atoms with van der Waals surface area (Å²) in [6, 6.07) is 16.8. The van der Waals surface area contributed by atoms with Crippen LogP contribution in [0, 0.1) is 0 Å². The van der Waals surface area contributed by atoms with Crippen molar-refractivity contribution < 1.29 is 0 Å². The molecule has 0 aliphatic carbocycles. The van der Waals surface area contributed by atoms with Crippen molar-refractivity contribution in [2.75, 3.05) is 7.05 Å². The highest BCUT2D eigenvalue weighted by molar-refractivity contribution is 7.10. The van der Waals surface area contributed by atoms with Gasteiger partial charge in [0.1, 0.15) is 0 Å². The van der Waals surface area contributed by atoms with Crippen LogP contribution < -0.4 is 5.32 Å². The summed E-state index contributed by atoms with van der Waals surface area (Å²) in [4.78, 5) is 6.04. The monoisotopic (exact) mass is 254 g/mol. The number of fused-ring (bicyclic) bond motifs is 1. The SMILES string of the molecule is CNC(c1ccc2ccccc2n1)c1cccs1. The average molecular weight is 254 g/mol. The smallest absolute Gasteiger partial charge is 0.0842 e. The summed E-state index contributed by atoms with van der Waals surface area (Å²) in [5.74, 6) is 0. The van der Waals surface area contributed by atoms with E-state index in [1.807, 2.05) is 19.2 Å². The molecule has 0 spiro atoms. The minimum atomic E-state index is 0.176. The molecule has 0 aliphatic rings. The zero-order valence-corrected chi connectivity index (χ0v) is 10.9. The van der Waals surface area contributed by atoms with Crippen molar-refractivity contribution in [2.24, 2.45) is 0 Å². The van der Waals surface area contributed by atoms with E-state index < -0.39 is 0 Å². The molecule has 1 aromatic carbocycles. The number of nitrogens with one attached hydrogen (secondary N) is 1. The molecule has 18 heavy (non-hydrogen) atoms. The van der Waals surface area contributed by atoms with Gasteiger partial charge in [0.05, 0.1) is 17.3 Å². The standard InChI is InChI=1S/C15H14N2S/c1-16-15(14-7-4-10-18-14)13-9-8-11-5-2-3-6-12(11)17-13/h2-10,15-16H,1H3. The van der Waals surface area contributed by atoms with Gasteiger partial charge < -0.3 is 5.32 Å². The highest BCUT2D eigenvalue weighted by atomic mass is 32.1. The molecule has 0 saturated carbocycles. The fourth-order valence-electron chi connectivity index (χ4n) is 2.13. The summed E-state index contributed by atoms with van der Waals surface area (Å²) in [7, 11) is 1.97. The van der Waals surface area contributed by atoms with E-state index in [2.05, 4.69) is 47.1 Å². The molecule has 3 aromatic rings. The Bertz CT molecular complexity index is 646. The molecule has 1 unspecified atom stereocenters. The molecule has 2 nitrogen and oxygen atoms in total. The molecule has 2 heterocycles. The number of pyridine rings is 1. The van der Waals surface area contributed by atoms with E-state index >= 15 is 0 Å². The molecule has 0 saturated heterocycles. The molecule has 0 fully saturated rings. The summed E-state index contributed by atoms with van der Waals surface area (Å²) < 4.78 is 0. The molecule has 0 amide bonds. The molecular formula is C15H14N2S. The molecule has 0 radical (unpaired) electrons. The number of hydrogen-bond donors (Lipinski definition) is 1. The molecule has 90 valence electrons. The van der Waals surface area contributed by atoms with E-state index in [1.165, 1.54) is 10.3 Å². The number of para-hydroxylation sites is 1. The van der Waals surface area contributed by atoms with Gasteiger partial charge in [-0.15, -0.1) is 11.3 Å². The lowest BCUT2D eigenvalue weighted by atomic mass is 10.1. The van der Waals surface area contributed by atoms with Crippen molar-refractivity contribution in [3.05, 3.63) is 64.5 Å². The highest BCUT2D eigenvalue weighted by Gasteiger charge is 2.14. The van der Waals surface area contributed by atoms with Crippen LogP contribution in [0.15, 0.2) is 53.9 Å². The van der Waals surface area contributed by atoms with Gasteiger partial charge in [-0.05, 0) is 30.6 Å². The average Bonchev–Trinajstić information content (AvgIpc) is 2.93. The second-order valence-electron chi connectivity index (χ2n) is 4.17. The first-order chi connectivity index (χ1) is 8.88. The van der Waals surface area contributed by atoms with Crippen LogP contribution in [0.25, 0.3) is 10.9 Å². The predicted molar refractivity (Wildman–Crippen MR) is 77.0 cm³/mol. The van der Waals surface area contributed by atoms with Crippen molar-refractivity contribution in [3.8, 4) is 0 Å². The Labute approximate surface area is 110 Å². The van der Waals surface area contributed by atoms with Crippen LogP contribution in [0.4, 0.5) is 0 Å². The summed E-state index contributed by atoms with van der Waals surface area (Å²) in [6.45, 7) is 0. The molecule has 1 N–H and O–H groups in total. The van der Waals surface area contributed by atoms with Crippen molar-refractivity contribution in [1.29, 1.82) is 0 Å². The fourth-order valence-corrected chi connectivity index (χ4v) is 2.98. The topological polar surface area (TPSA) is 24.9 Å². The van der Waals surface area contributed by atoms with Crippen LogP contribution in [0.5, 0.6) is 0 Å². The largest absolute Gasteiger partial charge is 0.307 e. The Balaban J connectivity index is 2.07. The number of benzene rings is 1. The van der Waals surface area contributed by atoms with E-state index in [9.17, 15) is 0 Å². The lowest BCUT2D eigenvalue weighted by Gasteiger charge is -2.14. The maximum atomic E-state index is 4.75. The Hall–Kier alpha value is -1.71. The van der Waals surface area contributed by atoms with E-state index in [-0.39, 0.29) is 6.04 Å². The third kappa shape index (κ3) is 2.03. The number of hydrogen-bond acceptors (Lipinski definition) is 3. The Morgan fingerprint density at radius 3 is 2.72 bits per heavy atom. The first kappa shape index (κ1) is 11.4. The van der Waals surface area contributed by atoms with Crippen LogP contribution in [-0.4, -0.2) is 12.0 Å². The fraction of sp³-hybridized carbons (Fsp3) is 0.133. The van der Waals surface area contributed by atoms with Crippen LogP contribution in [0.3, 0.4) is 0 Å². The number of nitrogens with zero attached hydrogens (tertiary/aromatic N) is 1. The van der Waals surface area contributed by atoms with Crippen LogP contribution in [0.2, 0.25) is 0 Å². The van der Waals surface area contributed by atoms with Gasteiger partial charge in [-0.25, -0.2) is 0 Å². The van der Waals surface area contributed by atoms with E-state index in [0.29, 0.717) is 0 Å². The molecule has 2 aromatic heterocycles. The molecule has 3 rings (SSSR count). The predicted octanol–water partition coefficient (Wildman–Crippen LogP) is 3.61. The molecule has 0 bridgehead atoms. The zero-order valence-electron chi connectivity index (χ0n) is 10.1. The molecule has 3 heteroatoms. The van der Waals surface area contributed by atoms with Gasteiger partial charge in [-0.3, -0.25) is 4.98 Å². The van der Waals surface area contributed by atoms with Crippen LogP contribution in [0.1, 0.15) is 16.6 Å². The first-order valence-corrected chi connectivity index (χ1v) is 6.83. The second kappa shape index (κ2) is 4.88. The minimum Gasteiger partial charge on any atom is -0.307 e. The third-order valence-electron chi connectivity index (χ3n) is 3.03. The Morgan fingerprint density at radius 1 is 1.06 bits per heavy atom. The Kier molecular flexibility index (Phi) is 3.09. The van der Waals surface area contributed by atoms with Gasteiger partial charge in [0.25, 0.3) is 0 Å². The summed E-state index contributed by atoms with van der Waals surface area (Å²) in [6.07, 6.45) is 0. The normalized spacial score (nSPS) is 12.7. The van der Waals surface area contributed by atoms with Crippen molar-refractivity contribution in [1.82, 2.24) is 10.3 Å². The lowest BCUT2D eigenvalue weighted by Crippen LogP contribution is -2.17. The van der Waals surface area contributed by atoms with Gasteiger partial charge >= 0.3 is 0 Å². The quantitative estimate of drug-likeness (QED) is 0.772. The highest BCUT2D eigenvalue weighted by Crippen LogP contribution is 2.25. The van der Waals surface area contributed by atoms with Gasteiger partial charge in [0.15, 0.2) is 0 Å². The van der Waals surface area contributed by atoms with Gasteiger partial charge in [0, 0.05) is 10.3 Å². The number of rotatable bonds is 3. The van der Waals surface area contributed by atoms with Crippen LogP contribution in [-0.2, 0) is 0 Å². The van der Waals surface area contributed by atoms with Gasteiger partial charge in [-0.1, -0.05) is 30.3 Å². The first-order valence-electron chi connectivity index (χ1n) is 5.95. The van der Waals surface area contributed by atoms with Crippen molar-refractivity contribution in [3.63, 3.8) is 0 Å². The molecule has 0 aliphatic heterocycles. The Morgan fingerprint density at radius 2 is 1.94 bits per heavy atom. The number of thiophene rings is 1. The zero-order chi connectivity index (χ0) is 12.4. The summed E-state index contributed by atoms with van der Waals surface area (Å²) in [5, 5.41) is 6.61.